The number of nitro groups is 1. The maximum atomic E-state index is 12.2. The fourth-order valence-corrected chi connectivity index (χ4v) is 2.74. The van der Waals surface area contributed by atoms with Crippen molar-refractivity contribution in [1.29, 1.82) is 0 Å². The van der Waals surface area contributed by atoms with Crippen molar-refractivity contribution in [3.05, 3.63) is 58.6 Å². The molecule has 0 radical (unpaired) electrons. The van der Waals surface area contributed by atoms with Gasteiger partial charge in [-0.15, -0.1) is 11.8 Å². The predicted molar refractivity (Wildman–Crippen MR) is 90.1 cm³/mol. The van der Waals surface area contributed by atoms with Gasteiger partial charge in [0.1, 0.15) is 5.75 Å². The van der Waals surface area contributed by atoms with Crippen molar-refractivity contribution in [3.63, 3.8) is 0 Å². The van der Waals surface area contributed by atoms with Crippen molar-refractivity contribution < 1.29 is 23.2 Å². The number of non-ortho nitro benzene ring substituents is 1. The summed E-state index contributed by atoms with van der Waals surface area (Å²) < 4.78 is 28.4. The fraction of sp³-hybridized carbons (Fsp3) is 0.188. The molecule has 0 bridgehead atoms. The molecule has 1 N–H and O–H groups in total. The second-order valence-electron chi connectivity index (χ2n) is 4.90. The Morgan fingerprint density at radius 2 is 1.76 bits per heavy atom. The van der Waals surface area contributed by atoms with Crippen LogP contribution < -0.4 is 10.1 Å². The highest BCUT2D eigenvalue weighted by Crippen LogP contribution is 2.26. The standard InChI is InChI=1S/C16H14F2N2O4S/c1-10(25-14-8-4-12(5-9-14)20(22)23)15(21)19-11-2-6-13(7-3-11)24-16(17)18/h2-10,16H,1H3,(H,19,21)/t10-/m0/s1. The molecule has 0 aliphatic carbocycles. The Morgan fingerprint density at radius 1 is 1.16 bits per heavy atom. The summed E-state index contributed by atoms with van der Waals surface area (Å²) in [6, 6.07) is 11.5. The van der Waals surface area contributed by atoms with E-state index in [1.165, 1.54) is 48.2 Å². The van der Waals surface area contributed by atoms with Gasteiger partial charge in [0.15, 0.2) is 0 Å². The topological polar surface area (TPSA) is 81.5 Å². The van der Waals surface area contributed by atoms with Crippen molar-refractivity contribution >= 4 is 29.0 Å². The Hall–Kier alpha value is -2.68. The molecule has 0 saturated carbocycles. The molecule has 0 heterocycles. The third-order valence-electron chi connectivity index (χ3n) is 3.08. The van der Waals surface area contributed by atoms with Gasteiger partial charge in [-0.2, -0.15) is 8.78 Å². The molecule has 6 nitrogen and oxygen atoms in total. The second-order valence-corrected chi connectivity index (χ2v) is 6.32. The van der Waals surface area contributed by atoms with Gasteiger partial charge in [-0.05, 0) is 43.3 Å². The average Bonchev–Trinajstić information content (AvgIpc) is 2.56. The zero-order chi connectivity index (χ0) is 18.4. The molecule has 0 aromatic heterocycles. The Kier molecular flexibility index (Phi) is 6.29. The number of hydrogen-bond donors (Lipinski definition) is 1. The van der Waals surface area contributed by atoms with Crippen LogP contribution >= 0.6 is 11.8 Å². The molecule has 1 atom stereocenters. The van der Waals surface area contributed by atoms with Gasteiger partial charge < -0.3 is 10.1 Å². The Bertz CT molecular complexity index is 739. The first-order valence-corrected chi connectivity index (χ1v) is 8.00. The predicted octanol–water partition coefficient (Wildman–Crippen LogP) is 4.32. The van der Waals surface area contributed by atoms with Crippen LogP contribution in [0, 0.1) is 10.1 Å². The third-order valence-corrected chi connectivity index (χ3v) is 4.19. The van der Waals surface area contributed by atoms with Crippen molar-refractivity contribution in [1.82, 2.24) is 0 Å². The van der Waals surface area contributed by atoms with Gasteiger partial charge in [-0.3, -0.25) is 14.9 Å². The van der Waals surface area contributed by atoms with Gasteiger partial charge in [0.05, 0.1) is 10.2 Å². The SMILES string of the molecule is C[C@H](Sc1ccc([N+](=O)[O-])cc1)C(=O)Nc1ccc(OC(F)F)cc1. The van der Waals surface area contributed by atoms with Crippen LogP contribution in [0.3, 0.4) is 0 Å². The number of hydrogen-bond acceptors (Lipinski definition) is 5. The summed E-state index contributed by atoms with van der Waals surface area (Å²) in [5.41, 5.74) is 0.426. The smallest absolute Gasteiger partial charge is 0.387 e. The van der Waals surface area contributed by atoms with E-state index in [0.29, 0.717) is 10.6 Å². The maximum absolute atomic E-state index is 12.2. The first kappa shape index (κ1) is 18.7. The number of anilines is 1. The summed E-state index contributed by atoms with van der Waals surface area (Å²) in [6.07, 6.45) is 0. The molecule has 9 heteroatoms. The molecular weight excluding hydrogens is 354 g/mol. The summed E-state index contributed by atoms with van der Waals surface area (Å²) in [7, 11) is 0. The second kappa shape index (κ2) is 8.43. The minimum Gasteiger partial charge on any atom is -0.435 e. The molecule has 0 fully saturated rings. The van der Waals surface area contributed by atoms with Gasteiger partial charge >= 0.3 is 6.61 Å². The molecule has 0 unspecified atom stereocenters. The molecule has 0 aliphatic rings. The van der Waals surface area contributed by atoms with Crippen LogP contribution in [0.4, 0.5) is 20.2 Å². The monoisotopic (exact) mass is 368 g/mol. The number of halogens is 2. The van der Waals surface area contributed by atoms with E-state index in [2.05, 4.69) is 10.1 Å². The van der Waals surface area contributed by atoms with Crippen LogP contribution in [-0.2, 0) is 4.79 Å². The highest BCUT2D eigenvalue weighted by atomic mass is 32.2. The van der Waals surface area contributed by atoms with Crippen LogP contribution in [0.15, 0.2) is 53.4 Å². The molecule has 132 valence electrons. The van der Waals surface area contributed by atoms with Gasteiger partial charge in [0, 0.05) is 22.7 Å². The summed E-state index contributed by atoms with van der Waals surface area (Å²) in [5, 5.41) is 12.8. The van der Waals surface area contributed by atoms with Crippen LogP contribution in [-0.4, -0.2) is 22.7 Å². The molecule has 2 rings (SSSR count). The third kappa shape index (κ3) is 5.71. The summed E-state index contributed by atoms with van der Waals surface area (Å²) in [4.78, 5) is 23.0. The summed E-state index contributed by atoms with van der Waals surface area (Å²) in [6.45, 7) is -1.21. The van der Waals surface area contributed by atoms with E-state index in [1.807, 2.05) is 0 Å². The molecule has 2 aromatic rings. The first-order valence-electron chi connectivity index (χ1n) is 7.12. The van der Waals surface area contributed by atoms with Crippen LogP contribution in [0.5, 0.6) is 5.75 Å². The minimum absolute atomic E-state index is 0.00121. The lowest BCUT2D eigenvalue weighted by Crippen LogP contribution is -2.22. The maximum Gasteiger partial charge on any atom is 0.387 e. The van der Waals surface area contributed by atoms with Gasteiger partial charge in [0.25, 0.3) is 5.69 Å². The van der Waals surface area contributed by atoms with Crippen molar-refractivity contribution in [2.75, 3.05) is 5.32 Å². The normalized spacial score (nSPS) is 11.8. The lowest BCUT2D eigenvalue weighted by atomic mass is 10.3. The van der Waals surface area contributed by atoms with Crippen LogP contribution in [0.1, 0.15) is 6.92 Å². The summed E-state index contributed by atoms with van der Waals surface area (Å²) in [5.74, 6) is -0.285. The number of carbonyl (C=O) groups excluding carboxylic acids is 1. The fourth-order valence-electron chi connectivity index (χ4n) is 1.87. The average molecular weight is 368 g/mol. The van der Waals surface area contributed by atoms with E-state index in [9.17, 15) is 23.7 Å². The van der Waals surface area contributed by atoms with Crippen molar-refractivity contribution in [2.45, 2.75) is 23.7 Å². The quantitative estimate of drug-likeness (QED) is 0.447. The highest BCUT2D eigenvalue weighted by molar-refractivity contribution is 8.00. The molecule has 0 saturated heterocycles. The molecule has 0 spiro atoms. The molecule has 2 aromatic carbocycles. The number of ether oxygens (including phenoxy) is 1. The minimum atomic E-state index is -2.90. The molecule has 25 heavy (non-hydrogen) atoms. The number of rotatable bonds is 7. The van der Waals surface area contributed by atoms with Crippen LogP contribution in [0.25, 0.3) is 0 Å². The van der Waals surface area contributed by atoms with E-state index in [0.717, 1.165) is 0 Å². The van der Waals surface area contributed by atoms with E-state index in [1.54, 1.807) is 19.1 Å². The van der Waals surface area contributed by atoms with Gasteiger partial charge in [-0.1, -0.05) is 0 Å². The van der Waals surface area contributed by atoms with E-state index in [-0.39, 0.29) is 17.3 Å². The Morgan fingerprint density at radius 3 is 2.28 bits per heavy atom. The zero-order valence-electron chi connectivity index (χ0n) is 13.0. The summed E-state index contributed by atoms with van der Waals surface area (Å²) >= 11 is 1.24. The van der Waals surface area contributed by atoms with Crippen molar-refractivity contribution in [2.24, 2.45) is 0 Å². The van der Waals surface area contributed by atoms with Gasteiger partial charge in [0.2, 0.25) is 5.91 Å². The number of nitro benzene ring substituents is 1. The van der Waals surface area contributed by atoms with Crippen molar-refractivity contribution in [3.8, 4) is 5.75 Å². The molecular formula is C16H14F2N2O4S. The largest absolute Gasteiger partial charge is 0.435 e. The lowest BCUT2D eigenvalue weighted by Gasteiger charge is -2.12. The number of benzene rings is 2. The van der Waals surface area contributed by atoms with Crippen LogP contribution in [0.2, 0.25) is 0 Å². The number of carbonyl (C=O) groups is 1. The lowest BCUT2D eigenvalue weighted by molar-refractivity contribution is -0.384. The van der Waals surface area contributed by atoms with E-state index >= 15 is 0 Å². The molecule has 1 amide bonds. The van der Waals surface area contributed by atoms with E-state index in [4.69, 9.17) is 0 Å². The Balaban J connectivity index is 1.92. The number of nitrogens with one attached hydrogen (secondary N) is 1. The zero-order valence-corrected chi connectivity index (χ0v) is 13.8. The number of amides is 1. The number of nitrogens with zero attached hydrogens (tertiary/aromatic N) is 1. The van der Waals surface area contributed by atoms with Gasteiger partial charge in [-0.25, -0.2) is 0 Å². The first-order chi connectivity index (χ1) is 11.8. The number of alkyl halides is 2. The highest BCUT2D eigenvalue weighted by Gasteiger charge is 2.15. The number of thioether (sulfide) groups is 1. The van der Waals surface area contributed by atoms with E-state index < -0.39 is 16.8 Å². The molecule has 0 aliphatic heterocycles. The Labute approximate surface area is 146 Å².